The summed E-state index contributed by atoms with van der Waals surface area (Å²) in [7, 11) is 0. The number of hydrogen-bond donors (Lipinski definition) is 2. The van der Waals surface area contributed by atoms with Gasteiger partial charge in [0.1, 0.15) is 18.2 Å². The Hall–Kier alpha value is -3.88. The number of esters is 1. The lowest BCUT2D eigenvalue weighted by Crippen LogP contribution is -2.50. The smallest absolute Gasteiger partial charge is 0.408 e. The molecule has 0 unspecified atom stereocenters. The summed E-state index contributed by atoms with van der Waals surface area (Å²) in [5.74, 6) is -0.806. The Morgan fingerprint density at radius 2 is 1.69 bits per heavy atom. The van der Waals surface area contributed by atoms with Crippen LogP contribution in [0, 0.1) is 0 Å². The molecule has 2 aromatic carbocycles. The summed E-state index contributed by atoms with van der Waals surface area (Å²) in [6.07, 6.45) is -0.871. The van der Waals surface area contributed by atoms with Crippen molar-refractivity contribution in [1.82, 2.24) is 14.9 Å². The zero-order valence-electron chi connectivity index (χ0n) is 18.1. The van der Waals surface area contributed by atoms with E-state index in [-0.39, 0.29) is 12.0 Å². The van der Waals surface area contributed by atoms with Gasteiger partial charge in [-0.25, -0.2) is 14.4 Å². The van der Waals surface area contributed by atoms with Crippen molar-refractivity contribution in [2.24, 2.45) is 0 Å². The number of carbonyl (C=O) groups excluding carboxylic acids is 2. The molecule has 2 N–H and O–H groups in total. The molecule has 3 rings (SSSR count). The van der Waals surface area contributed by atoms with Gasteiger partial charge in [-0.2, -0.15) is 0 Å². The summed E-state index contributed by atoms with van der Waals surface area (Å²) in [6.45, 7) is 4.57. The molecule has 0 fully saturated rings. The van der Waals surface area contributed by atoms with Crippen molar-refractivity contribution in [3.63, 3.8) is 0 Å². The van der Waals surface area contributed by atoms with E-state index in [0.717, 1.165) is 10.1 Å². The molecule has 9 nitrogen and oxygen atoms in total. The van der Waals surface area contributed by atoms with Crippen LogP contribution in [0.5, 0.6) is 0 Å². The summed E-state index contributed by atoms with van der Waals surface area (Å²) in [4.78, 5) is 53.1. The first kappa shape index (κ1) is 22.8. The number of rotatable bonds is 6. The predicted molar refractivity (Wildman–Crippen MR) is 118 cm³/mol. The Labute approximate surface area is 184 Å². The first-order chi connectivity index (χ1) is 15.1. The molecule has 0 aliphatic rings. The molecule has 0 aliphatic heterocycles. The normalized spacial score (nSPS) is 12.2. The minimum absolute atomic E-state index is 0.0326. The number of H-pyrrole nitrogens is 1. The summed E-state index contributed by atoms with van der Waals surface area (Å²) in [5.41, 5.74) is -0.976. The van der Waals surface area contributed by atoms with Crippen LogP contribution in [0.15, 0.2) is 64.2 Å². The second-order valence-corrected chi connectivity index (χ2v) is 8.18. The third-order valence-electron chi connectivity index (χ3n) is 4.45. The van der Waals surface area contributed by atoms with E-state index in [1.54, 1.807) is 69.3 Å². The van der Waals surface area contributed by atoms with Gasteiger partial charge >= 0.3 is 17.8 Å². The second kappa shape index (κ2) is 9.51. The van der Waals surface area contributed by atoms with Gasteiger partial charge in [0.05, 0.1) is 17.4 Å². The topological polar surface area (TPSA) is 119 Å². The zero-order chi connectivity index (χ0) is 23.3. The molecule has 0 saturated heterocycles. The lowest BCUT2D eigenvalue weighted by atomic mass is 10.2. The van der Waals surface area contributed by atoms with Gasteiger partial charge in [0.2, 0.25) is 0 Å². The molecule has 0 spiro atoms. The van der Waals surface area contributed by atoms with Gasteiger partial charge in [-0.3, -0.25) is 9.36 Å². The number of aromatic amines is 1. The van der Waals surface area contributed by atoms with Crippen LogP contribution in [0.25, 0.3) is 10.9 Å². The highest BCUT2D eigenvalue weighted by atomic mass is 16.6. The molecule has 0 aliphatic carbocycles. The van der Waals surface area contributed by atoms with E-state index in [9.17, 15) is 19.2 Å². The number of para-hydroxylation sites is 1. The fourth-order valence-electron chi connectivity index (χ4n) is 3.01. The van der Waals surface area contributed by atoms with Gasteiger partial charge in [-0.1, -0.05) is 42.5 Å². The largest absolute Gasteiger partial charge is 0.459 e. The van der Waals surface area contributed by atoms with Crippen LogP contribution in [0.4, 0.5) is 4.79 Å². The SMILES string of the molecule is CC(C)(C)OC(=O)N[C@H](Cn1c(=O)[nH]c2ccccc2c1=O)C(=O)OCc1ccccc1. The van der Waals surface area contributed by atoms with Crippen molar-refractivity contribution < 1.29 is 19.1 Å². The minimum Gasteiger partial charge on any atom is -0.459 e. The Morgan fingerprint density at radius 3 is 2.38 bits per heavy atom. The molecule has 32 heavy (non-hydrogen) atoms. The van der Waals surface area contributed by atoms with Crippen LogP contribution in [-0.2, 0) is 27.4 Å². The van der Waals surface area contributed by atoms with Gasteiger partial charge in [-0.05, 0) is 38.5 Å². The number of fused-ring (bicyclic) bond motifs is 1. The van der Waals surface area contributed by atoms with E-state index in [1.807, 2.05) is 6.07 Å². The number of aromatic nitrogens is 2. The third-order valence-corrected chi connectivity index (χ3v) is 4.45. The molecular weight excluding hydrogens is 414 g/mol. The maximum absolute atomic E-state index is 12.8. The van der Waals surface area contributed by atoms with Gasteiger partial charge in [0, 0.05) is 0 Å². The Bertz CT molecular complexity index is 1220. The minimum atomic E-state index is -1.33. The van der Waals surface area contributed by atoms with Crippen LogP contribution in [-0.4, -0.2) is 33.3 Å². The number of carbonyl (C=O) groups is 2. The highest BCUT2D eigenvalue weighted by Gasteiger charge is 2.27. The monoisotopic (exact) mass is 439 g/mol. The average Bonchev–Trinajstić information content (AvgIpc) is 2.73. The quantitative estimate of drug-likeness (QED) is 0.569. The van der Waals surface area contributed by atoms with E-state index in [1.165, 1.54) is 0 Å². The van der Waals surface area contributed by atoms with Crippen LogP contribution in [0.3, 0.4) is 0 Å². The van der Waals surface area contributed by atoms with Crippen molar-refractivity contribution >= 4 is 23.0 Å². The molecule has 0 bridgehead atoms. The molecular formula is C23H25N3O6. The molecule has 9 heteroatoms. The highest BCUT2D eigenvalue weighted by molar-refractivity contribution is 5.81. The molecule has 1 heterocycles. The predicted octanol–water partition coefficient (Wildman–Crippen LogP) is 2.33. The molecule has 3 aromatic rings. The Balaban J connectivity index is 1.87. The van der Waals surface area contributed by atoms with Crippen molar-refractivity contribution in [1.29, 1.82) is 0 Å². The van der Waals surface area contributed by atoms with E-state index in [2.05, 4.69) is 10.3 Å². The number of nitrogens with one attached hydrogen (secondary N) is 2. The average molecular weight is 439 g/mol. The molecule has 1 atom stereocenters. The van der Waals surface area contributed by atoms with Crippen molar-refractivity contribution in [3.8, 4) is 0 Å². The lowest BCUT2D eigenvalue weighted by molar-refractivity contribution is -0.148. The van der Waals surface area contributed by atoms with Crippen LogP contribution in [0.1, 0.15) is 26.3 Å². The molecule has 1 aromatic heterocycles. The molecule has 1 amide bonds. The lowest BCUT2D eigenvalue weighted by Gasteiger charge is -2.23. The first-order valence-corrected chi connectivity index (χ1v) is 10.1. The number of alkyl carbamates (subject to hydrolysis) is 1. The van der Waals surface area contributed by atoms with Gasteiger partial charge < -0.3 is 19.8 Å². The van der Waals surface area contributed by atoms with Gasteiger partial charge in [0.15, 0.2) is 0 Å². The number of hydrogen-bond acceptors (Lipinski definition) is 6. The maximum atomic E-state index is 12.8. The summed E-state index contributed by atoms with van der Waals surface area (Å²) in [6, 6.07) is 14.2. The molecule has 0 saturated carbocycles. The number of benzene rings is 2. The fraction of sp³-hybridized carbons (Fsp3) is 0.304. The van der Waals surface area contributed by atoms with E-state index >= 15 is 0 Å². The second-order valence-electron chi connectivity index (χ2n) is 8.18. The summed E-state index contributed by atoms with van der Waals surface area (Å²) >= 11 is 0. The van der Waals surface area contributed by atoms with Crippen LogP contribution >= 0.6 is 0 Å². The zero-order valence-corrected chi connectivity index (χ0v) is 18.1. The van der Waals surface area contributed by atoms with Gasteiger partial charge in [-0.15, -0.1) is 0 Å². The third kappa shape index (κ3) is 5.84. The van der Waals surface area contributed by atoms with Gasteiger partial charge in [0.25, 0.3) is 5.56 Å². The van der Waals surface area contributed by atoms with Crippen molar-refractivity contribution in [2.75, 3.05) is 0 Å². The standard InChI is InChI=1S/C23H25N3O6/c1-23(2,3)32-22(30)25-18(20(28)31-14-15-9-5-4-6-10-15)13-26-19(27)16-11-7-8-12-17(16)24-21(26)29/h4-12,18H,13-14H2,1-3H3,(H,24,29)(H,25,30)/t18-/m1/s1. The van der Waals surface area contributed by atoms with E-state index < -0.39 is 41.5 Å². The van der Waals surface area contributed by atoms with Crippen molar-refractivity contribution in [2.45, 2.75) is 45.6 Å². The highest BCUT2D eigenvalue weighted by Crippen LogP contribution is 2.09. The molecule has 168 valence electrons. The number of amides is 1. The van der Waals surface area contributed by atoms with E-state index in [4.69, 9.17) is 9.47 Å². The Kier molecular flexibility index (Phi) is 6.77. The first-order valence-electron chi connectivity index (χ1n) is 10.1. The fourth-order valence-corrected chi connectivity index (χ4v) is 3.01. The number of ether oxygens (including phenoxy) is 2. The van der Waals surface area contributed by atoms with Crippen LogP contribution in [0.2, 0.25) is 0 Å². The van der Waals surface area contributed by atoms with Crippen molar-refractivity contribution in [3.05, 3.63) is 81.0 Å². The molecule has 0 radical (unpaired) electrons. The number of nitrogens with zero attached hydrogens (tertiary/aromatic N) is 1. The summed E-state index contributed by atoms with van der Waals surface area (Å²) in [5, 5.41) is 2.69. The van der Waals surface area contributed by atoms with E-state index in [0.29, 0.717) is 5.52 Å². The maximum Gasteiger partial charge on any atom is 0.408 e. The Morgan fingerprint density at radius 1 is 1.03 bits per heavy atom. The summed E-state index contributed by atoms with van der Waals surface area (Å²) < 4.78 is 11.4. The van der Waals surface area contributed by atoms with Crippen LogP contribution < -0.4 is 16.6 Å².